The Morgan fingerprint density at radius 1 is 0.794 bits per heavy atom. The lowest BCUT2D eigenvalue weighted by Gasteiger charge is -2.28. The Bertz CT molecular complexity index is 1350. The molecule has 3 heterocycles. The minimum atomic E-state index is -0.0533. The van der Waals surface area contributed by atoms with Crippen LogP contribution in [0.15, 0.2) is 72.9 Å². The van der Waals surface area contributed by atoms with E-state index in [0.717, 1.165) is 16.5 Å². The first kappa shape index (κ1) is 22.4. The molecule has 5 heteroatoms. The van der Waals surface area contributed by atoms with Crippen LogP contribution in [0.1, 0.15) is 51.4 Å². The van der Waals surface area contributed by atoms with Crippen molar-refractivity contribution in [3.8, 4) is 5.69 Å². The lowest BCUT2D eigenvalue weighted by molar-refractivity contribution is 0.565. The van der Waals surface area contributed by atoms with Crippen LogP contribution in [-0.4, -0.2) is 14.7 Å². The van der Waals surface area contributed by atoms with Crippen molar-refractivity contribution in [2.24, 2.45) is 0 Å². The minimum Gasteiger partial charge on any atom is -0.351 e. The van der Waals surface area contributed by atoms with Gasteiger partial charge < -0.3 is 14.8 Å². The van der Waals surface area contributed by atoms with Crippen molar-refractivity contribution in [1.29, 1.82) is 0 Å². The van der Waals surface area contributed by atoms with E-state index in [0.29, 0.717) is 0 Å². The molecule has 2 aromatic carbocycles. The fourth-order valence-electron chi connectivity index (χ4n) is 5.29. The van der Waals surface area contributed by atoms with E-state index in [1.165, 1.54) is 39.3 Å². The maximum atomic E-state index is 5.91. The molecule has 1 fully saturated rings. The number of aryl methyl sites for hydroxylation is 4. The summed E-state index contributed by atoms with van der Waals surface area (Å²) in [6.07, 6.45) is 1.85. The van der Waals surface area contributed by atoms with Crippen molar-refractivity contribution in [2.75, 3.05) is 4.90 Å². The smallest absolute Gasteiger partial charge is 0.174 e. The van der Waals surface area contributed by atoms with Gasteiger partial charge in [0.1, 0.15) is 0 Å². The summed E-state index contributed by atoms with van der Waals surface area (Å²) >= 11 is 5.91. The number of benzene rings is 2. The molecule has 1 aliphatic rings. The molecule has 2 atom stereocenters. The van der Waals surface area contributed by atoms with E-state index in [2.05, 4.69) is 104 Å². The summed E-state index contributed by atoms with van der Waals surface area (Å²) in [4.78, 5) is 6.96. The lowest BCUT2D eigenvalue weighted by Crippen LogP contribution is -2.29. The second-order valence-corrected chi connectivity index (χ2v) is 9.73. The highest BCUT2D eigenvalue weighted by Gasteiger charge is 2.42. The molecule has 4 nitrogen and oxygen atoms in total. The maximum absolute atomic E-state index is 5.91. The molecule has 0 unspecified atom stereocenters. The van der Waals surface area contributed by atoms with Crippen LogP contribution < -0.4 is 10.2 Å². The molecule has 1 N–H and O–H groups in total. The van der Waals surface area contributed by atoms with Crippen LogP contribution in [0.25, 0.3) is 5.69 Å². The molecular formula is C29H30N4S. The predicted octanol–water partition coefficient (Wildman–Crippen LogP) is 6.59. The molecule has 0 saturated carbocycles. The number of nitrogens with one attached hydrogen (secondary N) is 1. The van der Waals surface area contributed by atoms with Gasteiger partial charge >= 0.3 is 0 Å². The summed E-state index contributed by atoms with van der Waals surface area (Å²) < 4.78 is 2.36. The molecule has 2 aromatic heterocycles. The predicted molar refractivity (Wildman–Crippen MR) is 144 cm³/mol. The van der Waals surface area contributed by atoms with Crippen molar-refractivity contribution in [3.63, 3.8) is 0 Å². The van der Waals surface area contributed by atoms with Gasteiger partial charge in [-0.05, 0) is 112 Å². The topological polar surface area (TPSA) is 33.1 Å². The molecule has 0 radical (unpaired) electrons. The van der Waals surface area contributed by atoms with Gasteiger partial charge in [-0.2, -0.15) is 0 Å². The first-order valence-corrected chi connectivity index (χ1v) is 12.1. The normalized spacial score (nSPS) is 17.8. The number of rotatable bonds is 4. The molecule has 1 saturated heterocycles. The average molecular weight is 467 g/mol. The van der Waals surface area contributed by atoms with Gasteiger partial charge in [0.15, 0.2) is 5.11 Å². The van der Waals surface area contributed by atoms with Crippen molar-refractivity contribution < 1.29 is 0 Å². The van der Waals surface area contributed by atoms with Crippen molar-refractivity contribution in [3.05, 3.63) is 112 Å². The Morgan fingerprint density at radius 3 is 2.21 bits per heavy atom. The number of hydrogen-bond donors (Lipinski definition) is 1. The molecule has 1 aliphatic heterocycles. The first-order valence-electron chi connectivity index (χ1n) is 11.7. The summed E-state index contributed by atoms with van der Waals surface area (Å²) in [5.74, 6) is 0. The Labute approximate surface area is 207 Å². The number of aromatic nitrogens is 2. The van der Waals surface area contributed by atoms with E-state index >= 15 is 0 Å². The molecule has 5 rings (SSSR count). The highest BCUT2D eigenvalue weighted by atomic mass is 32.1. The summed E-state index contributed by atoms with van der Waals surface area (Å²) in [5, 5.41) is 4.31. The molecule has 0 aliphatic carbocycles. The quantitative estimate of drug-likeness (QED) is 0.344. The summed E-state index contributed by atoms with van der Waals surface area (Å²) in [7, 11) is 0. The van der Waals surface area contributed by atoms with Gasteiger partial charge in [-0.25, -0.2) is 0 Å². The summed E-state index contributed by atoms with van der Waals surface area (Å²) in [5.41, 5.74) is 10.7. The van der Waals surface area contributed by atoms with Gasteiger partial charge in [-0.3, -0.25) is 4.98 Å². The zero-order valence-electron chi connectivity index (χ0n) is 20.3. The Kier molecular flexibility index (Phi) is 5.74. The zero-order chi connectivity index (χ0) is 24.0. The molecule has 0 spiro atoms. The summed E-state index contributed by atoms with van der Waals surface area (Å²) in [6.45, 7) is 10.8. The largest absolute Gasteiger partial charge is 0.351 e. The number of pyridine rings is 1. The number of anilines is 1. The Morgan fingerprint density at radius 2 is 1.53 bits per heavy atom. The van der Waals surface area contributed by atoms with E-state index in [1.807, 2.05) is 18.3 Å². The first-order chi connectivity index (χ1) is 16.3. The molecular weight excluding hydrogens is 436 g/mol. The van der Waals surface area contributed by atoms with Gasteiger partial charge in [0.05, 0.1) is 17.8 Å². The lowest BCUT2D eigenvalue weighted by atomic mass is 9.96. The molecule has 0 amide bonds. The van der Waals surface area contributed by atoms with Gasteiger partial charge in [-0.1, -0.05) is 24.3 Å². The summed E-state index contributed by atoms with van der Waals surface area (Å²) in [6, 6.07) is 23.6. The minimum absolute atomic E-state index is 0.0185. The third-order valence-corrected chi connectivity index (χ3v) is 6.95. The third kappa shape index (κ3) is 3.90. The number of thiocarbonyl (C=S) groups is 1. The van der Waals surface area contributed by atoms with E-state index in [4.69, 9.17) is 17.2 Å². The number of nitrogens with zero attached hydrogens (tertiary/aromatic N) is 3. The maximum Gasteiger partial charge on any atom is 0.174 e. The van der Waals surface area contributed by atoms with Crippen molar-refractivity contribution >= 4 is 23.0 Å². The molecule has 4 aromatic rings. The second-order valence-electron chi connectivity index (χ2n) is 9.34. The molecule has 172 valence electrons. The van der Waals surface area contributed by atoms with E-state index < -0.39 is 0 Å². The van der Waals surface area contributed by atoms with Crippen molar-refractivity contribution in [2.45, 2.75) is 46.7 Å². The van der Waals surface area contributed by atoms with Crippen molar-refractivity contribution in [1.82, 2.24) is 14.9 Å². The monoisotopic (exact) mass is 466 g/mol. The van der Waals surface area contributed by atoms with Crippen LogP contribution in [0, 0.1) is 34.6 Å². The zero-order valence-corrected chi connectivity index (χ0v) is 21.1. The van der Waals surface area contributed by atoms with Crippen LogP contribution >= 0.6 is 12.2 Å². The van der Waals surface area contributed by atoms with Crippen LogP contribution in [0.5, 0.6) is 0 Å². The fourth-order valence-corrected chi connectivity index (χ4v) is 5.64. The van der Waals surface area contributed by atoms with E-state index in [-0.39, 0.29) is 12.1 Å². The molecule has 0 bridgehead atoms. The standard InChI is InChI=1S/C29H30N4S/c1-18-9-8-10-23(14-18)33-28(27(31-29(33)34)26-11-6-7-12-30-26)25-17-21(4)32(22(25)5)24-15-19(2)13-20(3)16-24/h6-17,27-28H,1-5H3,(H,31,34)/t27-,28-/m0/s1. The van der Waals surface area contributed by atoms with Crippen LogP contribution in [-0.2, 0) is 0 Å². The van der Waals surface area contributed by atoms with Gasteiger partial charge in [0.2, 0.25) is 0 Å². The van der Waals surface area contributed by atoms with Gasteiger partial charge in [-0.15, -0.1) is 0 Å². The van der Waals surface area contributed by atoms with Crippen LogP contribution in [0.4, 0.5) is 5.69 Å². The molecule has 34 heavy (non-hydrogen) atoms. The van der Waals surface area contributed by atoms with E-state index in [9.17, 15) is 0 Å². The third-order valence-electron chi connectivity index (χ3n) is 6.63. The van der Waals surface area contributed by atoms with Crippen LogP contribution in [0.3, 0.4) is 0 Å². The van der Waals surface area contributed by atoms with Gasteiger partial charge in [0, 0.05) is 29.0 Å². The van der Waals surface area contributed by atoms with Gasteiger partial charge in [0.25, 0.3) is 0 Å². The Hall–Kier alpha value is -3.44. The highest BCUT2D eigenvalue weighted by Crippen LogP contribution is 2.43. The fraction of sp³-hybridized carbons (Fsp3) is 0.241. The highest BCUT2D eigenvalue weighted by molar-refractivity contribution is 7.80. The Balaban J connectivity index is 1.70. The van der Waals surface area contributed by atoms with Crippen LogP contribution in [0.2, 0.25) is 0 Å². The average Bonchev–Trinajstić information content (AvgIpc) is 3.29. The SMILES string of the molecule is Cc1cccc(N2C(=S)N[C@@H](c3ccccn3)[C@@H]2c2cc(C)n(-c3cc(C)cc(C)c3)c2C)c1. The second kappa shape index (κ2) is 8.73. The van der Waals surface area contributed by atoms with E-state index in [1.54, 1.807) is 0 Å². The number of hydrogen-bond acceptors (Lipinski definition) is 2.